The summed E-state index contributed by atoms with van der Waals surface area (Å²) in [5.74, 6) is 0.411. The van der Waals surface area contributed by atoms with Crippen LogP contribution in [0.4, 0.5) is 13.2 Å². The van der Waals surface area contributed by atoms with Crippen LogP contribution in [0.5, 0.6) is 0 Å². The molecule has 0 aliphatic heterocycles. The van der Waals surface area contributed by atoms with Crippen molar-refractivity contribution in [3.8, 4) is 0 Å². The Hall–Kier alpha value is -1.07. The fraction of sp³-hybridized carbons (Fsp3) is 0.625. The molecule has 2 nitrogen and oxygen atoms in total. The van der Waals surface area contributed by atoms with Gasteiger partial charge in [-0.25, -0.2) is 0 Å². The van der Waals surface area contributed by atoms with Crippen molar-refractivity contribution in [3.63, 3.8) is 0 Å². The highest BCUT2D eigenvalue weighted by Gasteiger charge is 2.30. The van der Waals surface area contributed by atoms with Crippen LogP contribution >= 0.6 is 0 Å². The van der Waals surface area contributed by atoms with Gasteiger partial charge in [0.25, 0.3) is 0 Å². The molecule has 0 saturated carbocycles. The molecule has 0 aromatic heterocycles. The molecular formula is C16H24F3NO. The van der Waals surface area contributed by atoms with E-state index in [-0.39, 0.29) is 6.04 Å². The van der Waals surface area contributed by atoms with E-state index in [0.717, 1.165) is 37.1 Å². The Balaban J connectivity index is 2.66. The van der Waals surface area contributed by atoms with Crippen molar-refractivity contribution >= 4 is 0 Å². The molecular weight excluding hydrogens is 279 g/mol. The van der Waals surface area contributed by atoms with Crippen molar-refractivity contribution in [2.45, 2.75) is 38.9 Å². The van der Waals surface area contributed by atoms with Gasteiger partial charge in [0.2, 0.25) is 0 Å². The van der Waals surface area contributed by atoms with E-state index in [0.29, 0.717) is 12.5 Å². The minimum absolute atomic E-state index is 0.247. The van der Waals surface area contributed by atoms with Crippen molar-refractivity contribution in [2.24, 2.45) is 5.92 Å². The van der Waals surface area contributed by atoms with Gasteiger partial charge in [-0.15, -0.1) is 0 Å². The van der Waals surface area contributed by atoms with Crippen molar-refractivity contribution in [1.82, 2.24) is 5.32 Å². The molecule has 2 unspecified atom stereocenters. The summed E-state index contributed by atoms with van der Waals surface area (Å²) >= 11 is 0. The van der Waals surface area contributed by atoms with E-state index < -0.39 is 11.7 Å². The molecule has 0 saturated heterocycles. The van der Waals surface area contributed by atoms with Crippen molar-refractivity contribution in [2.75, 3.05) is 20.3 Å². The second-order valence-corrected chi connectivity index (χ2v) is 5.45. The predicted octanol–water partition coefficient (Wildman–Crippen LogP) is 3.90. The first kappa shape index (κ1) is 18.0. The normalized spacial score (nSPS) is 15.0. The molecule has 0 aliphatic carbocycles. The van der Waals surface area contributed by atoms with Crippen LogP contribution in [0.1, 0.15) is 31.4 Å². The second kappa shape index (κ2) is 8.39. The summed E-state index contributed by atoms with van der Waals surface area (Å²) in [4.78, 5) is 0. The Morgan fingerprint density at radius 1 is 1.19 bits per heavy atom. The number of likely N-dealkylation sites (N-methyl/N-ethyl adjacent to an activating group) is 1. The summed E-state index contributed by atoms with van der Waals surface area (Å²) in [7, 11) is 1.68. The number of ether oxygens (including phenoxy) is 1. The van der Waals surface area contributed by atoms with Gasteiger partial charge in [-0.2, -0.15) is 13.2 Å². The molecule has 1 rings (SSSR count). The number of nitrogens with one attached hydrogen (secondary N) is 1. The number of benzene rings is 1. The van der Waals surface area contributed by atoms with E-state index in [4.69, 9.17) is 4.74 Å². The smallest absolute Gasteiger partial charge is 0.384 e. The maximum absolute atomic E-state index is 12.5. The lowest BCUT2D eigenvalue weighted by atomic mass is 9.96. The van der Waals surface area contributed by atoms with E-state index in [9.17, 15) is 13.2 Å². The topological polar surface area (TPSA) is 21.3 Å². The minimum atomic E-state index is -4.27. The highest BCUT2D eigenvalue weighted by Crippen LogP contribution is 2.29. The van der Waals surface area contributed by atoms with Gasteiger partial charge in [0, 0.05) is 19.8 Å². The Kier molecular flexibility index (Phi) is 7.18. The number of hydrogen-bond acceptors (Lipinski definition) is 2. The van der Waals surface area contributed by atoms with Crippen molar-refractivity contribution < 1.29 is 17.9 Å². The zero-order chi connectivity index (χ0) is 15.9. The zero-order valence-corrected chi connectivity index (χ0v) is 12.8. The molecule has 0 aliphatic rings. The number of rotatable bonds is 8. The lowest BCUT2D eigenvalue weighted by Gasteiger charge is -2.22. The first-order chi connectivity index (χ1) is 9.86. The molecule has 0 heterocycles. The average molecular weight is 303 g/mol. The molecule has 0 spiro atoms. The van der Waals surface area contributed by atoms with E-state index in [1.54, 1.807) is 19.2 Å². The van der Waals surface area contributed by atoms with Crippen LogP contribution in [0.15, 0.2) is 24.3 Å². The van der Waals surface area contributed by atoms with Gasteiger partial charge in [-0.3, -0.25) is 0 Å². The Labute approximate surface area is 124 Å². The van der Waals surface area contributed by atoms with E-state index in [2.05, 4.69) is 12.2 Å². The third kappa shape index (κ3) is 6.48. The third-order valence-electron chi connectivity index (χ3n) is 3.39. The van der Waals surface area contributed by atoms with Gasteiger partial charge in [-0.05, 0) is 43.0 Å². The fourth-order valence-corrected chi connectivity index (χ4v) is 2.48. The molecule has 1 aromatic carbocycles. The van der Waals surface area contributed by atoms with Gasteiger partial charge in [0.15, 0.2) is 0 Å². The Morgan fingerprint density at radius 2 is 1.81 bits per heavy atom. The van der Waals surface area contributed by atoms with Crippen molar-refractivity contribution in [3.05, 3.63) is 35.4 Å². The second-order valence-electron chi connectivity index (χ2n) is 5.45. The molecule has 2 atom stereocenters. The number of hydrogen-bond donors (Lipinski definition) is 1. The Bertz CT molecular complexity index is 403. The number of halogens is 3. The van der Waals surface area contributed by atoms with Crippen molar-refractivity contribution in [1.29, 1.82) is 0 Å². The van der Waals surface area contributed by atoms with E-state index in [1.165, 1.54) is 0 Å². The van der Waals surface area contributed by atoms with Crippen LogP contribution in [0, 0.1) is 5.92 Å². The average Bonchev–Trinajstić information content (AvgIpc) is 2.38. The summed E-state index contributed by atoms with van der Waals surface area (Å²) in [6.45, 7) is 5.67. The zero-order valence-electron chi connectivity index (χ0n) is 12.8. The predicted molar refractivity (Wildman–Crippen MR) is 78.3 cm³/mol. The lowest BCUT2D eigenvalue weighted by Crippen LogP contribution is -2.33. The third-order valence-corrected chi connectivity index (χ3v) is 3.39. The summed E-state index contributed by atoms with van der Waals surface area (Å²) in [6.07, 6.45) is -2.62. The first-order valence-electron chi connectivity index (χ1n) is 7.25. The molecule has 0 radical (unpaired) electrons. The SMILES string of the molecule is CCNC(Cc1ccc(C(F)(F)F)cc1)CC(C)COC. The summed E-state index contributed by atoms with van der Waals surface area (Å²) in [5, 5.41) is 3.39. The summed E-state index contributed by atoms with van der Waals surface area (Å²) in [5.41, 5.74) is 0.317. The van der Waals surface area contributed by atoms with Gasteiger partial charge >= 0.3 is 6.18 Å². The van der Waals surface area contributed by atoms with E-state index in [1.807, 2.05) is 6.92 Å². The van der Waals surface area contributed by atoms with Gasteiger partial charge < -0.3 is 10.1 Å². The van der Waals surface area contributed by atoms with Crippen LogP contribution in [-0.4, -0.2) is 26.3 Å². The number of alkyl halides is 3. The molecule has 5 heteroatoms. The minimum Gasteiger partial charge on any atom is -0.384 e. The molecule has 21 heavy (non-hydrogen) atoms. The van der Waals surface area contributed by atoms with Crippen LogP contribution in [0.25, 0.3) is 0 Å². The van der Waals surface area contributed by atoms with Crippen LogP contribution in [0.3, 0.4) is 0 Å². The fourth-order valence-electron chi connectivity index (χ4n) is 2.48. The van der Waals surface area contributed by atoms with Gasteiger partial charge in [-0.1, -0.05) is 26.0 Å². The van der Waals surface area contributed by atoms with Gasteiger partial charge in [0.05, 0.1) is 5.56 Å². The first-order valence-corrected chi connectivity index (χ1v) is 7.25. The maximum atomic E-state index is 12.5. The summed E-state index contributed by atoms with van der Waals surface area (Å²) < 4.78 is 42.7. The molecule has 1 N–H and O–H groups in total. The van der Waals surface area contributed by atoms with Crippen LogP contribution in [0.2, 0.25) is 0 Å². The quantitative estimate of drug-likeness (QED) is 0.786. The van der Waals surface area contributed by atoms with E-state index >= 15 is 0 Å². The van der Waals surface area contributed by atoms with Crippen LogP contribution < -0.4 is 5.32 Å². The Morgan fingerprint density at radius 3 is 2.29 bits per heavy atom. The number of methoxy groups -OCH3 is 1. The highest BCUT2D eigenvalue weighted by atomic mass is 19.4. The molecule has 1 aromatic rings. The molecule has 120 valence electrons. The standard InChI is InChI=1S/C16H24F3NO/c1-4-20-15(9-12(2)11-21-3)10-13-5-7-14(8-6-13)16(17,18)19/h5-8,12,15,20H,4,9-11H2,1-3H3. The largest absolute Gasteiger partial charge is 0.416 e. The summed E-state index contributed by atoms with van der Waals surface area (Å²) in [6, 6.07) is 5.67. The lowest BCUT2D eigenvalue weighted by molar-refractivity contribution is -0.137. The molecule has 0 fully saturated rings. The highest BCUT2D eigenvalue weighted by molar-refractivity contribution is 5.25. The van der Waals surface area contributed by atoms with Gasteiger partial charge in [0.1, 0.15) is 0 Å². The van der Waals surface area contributed by atoms with Crippen LogP contribution in [-0.2, 0) is 17.3 Å². The monoisotopic (exact) mass is 303 g/mol. The maximum Gasteiger partial charge on any atom is 0.416 e. The molecule has 0 amide bonds. The molecule has 0 bridgehead atoms.